The number of amides is 1. The summed E-state index contributed by atoms with van der Waals surface area (Å²) in [7, 11) is 0. The zero-order valence-corrected chi connectivity index (χ0v) is 10.9. The van der Waals surface area contributed by atoms with Gasteiger partial charge in [-0.2, -0.15) is 0 Å². The molecule has 0 aromatic heterocycles. The second kappa shape index (κ2) is 5.37. The highest BCUT2D eigenvalue weighted by Crippen LogP contribution is 2.30. The SMILES string of the molecule is CC1CCCN1C(=O)C1(N)CCCCC1.Cl. The van der Waals surface area contributed by atoms with Crippen molar-refractivity contribution < 1.29 is 4.79 Å². The Balaban J connectivity index is 0.00000128. The minimum absolute atomic E-state index is 0. The fraction of sp³-hybridized carbons (Fsp3) is 0.917. The molecule has 1 aliphatic carbocycles. The lowest BCUT2D eigenvalue weighted by molar-refractivity contribution is -0.138. The van der Waals surface area contributed by atoms with E-state index in [-0.39, 0.29) is 18.3 Å². The van der Waals surface area contributed by atoms with Crippen LogP contribution in [0.2, 0.25) is 0 Å². The molecule has 1 saturated carbocycles. The fourth-order valence-corrected chi connectivity index (χ4v) is 2.92. The van der Waals surface area contributed by atoms with E-state index in [0.717, 1.165) is 45.1 Å². The number of nitrogens with two attached hydrogens (primary N) is 1. The molecule has 1 atom stereocenters. The Hall–Kier alpha value is -0.280. The largest absolute Gasteiger partial charge is 0.338 e. The van der Waals surface area contributed by atoms with E-state index in [9.17, 15) is 4.79 Å². The van der Waals surface area contributed by atoms with E-state index in [1.165, 1.54) is 6.42 Å². The maximum absolute atomic E-state index is 12.3. The van der Waals surface area contributed by atoms with Gasteiger partial charge in [-0.1, -0.05) is 19.3 Å². The highest BCUT2D eigenvalue weighted by Gasteiger charge is 2.40. The van der Waals surface area contributed by atoms with Crippen LogP contribution in [0.1, 0.15) is 51.9 Å². The summed E-state index contributed by atoms with van der Waals surface area (Å²) >= 11 is 0. The highest BCUT2D eigenvalue weighted by atomic mass is 35.5. The molecule has 1 heterocycles. The van der Waals surface area contributed by atoms with Gasteiger partial charge in [0.1, 0.15) is 0 Å². The predicted molar refractivity (Wildman–Crippen MR) is 67.7 cm³/mol. The molecule has 4 heteroatoms. The third kappa shape index (κ3) is 2.51. The van der Waals surface area contributed by atoms with Crippen LogP contribution < -0.4 is 5.73 Å². The summed E-state index contributed by atoms with van der Waals surface area (Å²) in [6, 6.07) is 0.403. The normalized spacial score (nSPS) is 28.6. The standard InChI is InChI=1S/C12H22N2O.ClH/c1-10-6-5-9-14(10)11(15)12(13)7-3-2-4-8-12;/h10H,2-9,13H2,1H3;1H. The molecule has 1 aliphatic heterocycles. The van der Waals surface area contributed by atoms with Gasteiger partial charge in [0.25, 0.3) is 0 Å². The number of rotatable bonds is 1. The van der Waals surface area contributed by atoms with Crippen molar-refractivity contribution in [2.75, 3.05) is 6.54 Å². The summed E-state index contributed by atoms with van der Waals surface area (Å²) in [5, 5.41) is 0. The van der Waals surface area contributed by atoms with Gasteiger partial charge >= 0.3 is 0 Å². The fourth-order valence-electron chi connectivity index (χ4n) is 2.92. The molecule has 0 spiro atoms. The zero-order chi connectivity index (χ0) is 10.9. The van der Waals surface area contributed by atoms with Crippen molar-refractivity contribution in [3.8, 4) is 0 Å². The van der Waals surface area contributed by atoms with Crippen LogP contribution in [0.15, 0.2) is 0 Å². The van der Waals surface area contributed by atoms with Gasteiger partial charge in [-0.25, -0.2) is 0 Å². The van der Waals surface area contributed by atoms with Crippen molar-refractivity contribution in [1.29, 1.82) is 0 Å². The molecule has 0 aromatic carbocycles. The number of likely N-dealkylation sites (tertiary alicyclic amines) is 1. The minimum Gasteiger partial charge on any atom is -0.338 e. The maximum atomic E-state index is 12.3. The average Bonchev–Trinajstić information content (AvgIpc) is 2.64. The summed E-state index contributed by atoms with van der Waals surface area (Å²) in [5.74, 6) is 0.215. The van der Waals surface area contributed by atoms with Crippen LogP contribution in [0, 0.1) is 0 Å². The Morgan fingerprint density at radius 1 is 1.25 bits per heavy atom. The van der Waals surface area contributed by atoms with E-state index in [4.69, 9.17) is 5.73 Å². The second-order valence-corrected chi connectivity index (χ2v) is 5.21. The molecule has 0 radical (unpaired) electrons. The summed E-state index contributed by atoms with van der Waals surface area (Å²) in [6.07, 6.45) is 7.52. The number of carbonyl (C=O) groups is 1. The first-order valence-electron chi connectivity index (χ1n) is 6.23. The molecule has 1 saturated heterocycles. The van der Waals surface area contributed by atoms with Crippen LogP contribution in [0.3, 0.4) is 0 Å². The lowest BCUT2D eigenvalue weighted by Gasteiger charge is -2.37. The quantitative estimate of drug-likeness (QED) is 0.770. The van der Waals surface area contributed by atoms with Crippen LogP contribution in [0.4, 0.5) is 0 Å². The Labute approximate surface area is 104 Å². The van der Waals surface area contributed by atoms with Gasteiger partial charge in [0, 0.05) is 12.6 Å². The third-order valence-corrected chi connectivity index (χ3v) is 3.99. The first-order valence-corrected chi connectivity index (χ1v) is 6.23. The topological polar surface area (TPSA) is 46.3 Å². The Bertz CT molecular complexity index is 251. The summed E-state index contributed by atoms with van der Waals surface area (Å²) in [5.41, 5.74) is 5.72. The van der Waals surface area contributed by atoms with Crippen molar-refractivity contribution in [3.05, 3.63) is 0 Å². The molecule has 16 heavy (non-hydrogen) atoms. The molecule has 2 N–H and O–H groups in total. The van der Waals surface area contributed by atoms with Crippen molar-refractivity contribution in [1.82, 2.24) is 4.90 Å². The molecule has 2 aliphatic rings. The Morgan fingerprint density at radius 2 is 1.88 bits per heavy atom. The molecule has 1 unspecified atom stereocenters. The van der Waals surface area contributed by atoms with Crippen LogP contribution in [-0.4, -0.2) is 28.9 Å². The average molecular weight is 247 g/mol. The van der Waals surface area contributed by atoms with E-state index in [2.05, 4.69) is 6.92 Å². The third-order valence-electron chi connectivity index (χ3n) is 3.99. The molecule has 2 rings (SSSR count). The Morgan fingerprint density at radius 3 is 2.38 bits per heavy atom. The summed E-state index contributed by atoms with van der Waals surface area (Å²) in [4.78, 5) is 14.3. The highest BCUT2D eigenvalue weighted by molar-refractivity contribution is 5.86. The monoisotopic (exact) mass is 246 g/mol. The maximum Gasteiger partial charge on any atom is 0.242 e. The molecule has 0 aromatic rings. The van der Waals surface area contributed by atoms with E-state index < -0.39 is 5.54 Å². The van der Waals surface area contributed by atoms with Crippen molar-refractivity contribution in [2.45, 2.75) is 63.5 Å². The van der Waals surface area contributed by atoms with Crippen molar-refractivity contribution in [3.63, 3.8) is 0 Å². The van der Waals surface area contributed by atoms with Gasteiger partial charge in [0.05, 0.1) is 5.54 Å². The van der Waals surface area contributed by atoms with Crippen LogP contribution in [0.25, 0.3) is 0 Å². The van der Waals surface area contributed by atoms with E-state index in [0.29, 0.717) is 6.04 Å². The molecule has 3 nitrogen and oxygen atoms in total. The predicted octanol–water partition coefficient (Wildman–Crippen LogP) is 2.08. The summed E-state index contributed by atoms with van der Waals surface area (Å²) in [6.45, 7) is 3.05. The Kier molecular flexibility index (Phi) is 4.62. The van der Waals surface area contributed by atoms with Gasteiger partial charge in [0.15, 0.2) is 0 Å². The lowest BCUT2D eigenvalue weighted by Crippen LogP contribution is -2.56. The van der Waals surface area contributed by atoms with E-state index >= 15 is 0 Å². The first kappa shape index (κ1) is 13.8. The minimum atomic E-state index is -0.531. The van der Waals surface area contributed by atoms with Gasteiger partial charge < -0.3 is 10.6 Å². The van der Waals surface area contributed by atoms with Gasteiger partial charge in [-0.3, -0.25) is 4.79 Å². The molecule has 94 valence electrons. The summed E-state index contributed by atoms with van der Waals surface area (Å²) < 4.78 is 0. The molecular formula is C12H23ClN2O. The van der Waals surface area contributed by atoms with Crippen molar-refractivity contribution >= 4 is 18.3 Å². The van der Waals surface area contributed by atoms with Gasteiger partial charge in [0.2, 0.25) is 5.91 Å². The number of hydrogen-bond acceptors (Lipinski definition) is 2. The first-order chi connectivity index (χ1) is 7.13. The number of carbonyl (C=O) groups excluding carboxylic acids is 1. The number of nitrogens with zero attached hydrogens (tertiary/aromatic N) is 1. The lowest BCUT2D eigenvalue weighted by atomic mass is 9.81. The molecular weight excluding hydrogens is 224 g/mol. The van der Waals surface area contributed by atoms with Gasteiger partial charge in [-0.15, -0.1) is 12.4 Å². The number of hydrogen-bond donors (Lipinski definition) is 1. The van der Waals surface area contributed by atoms with Crippen LogP contribution in [-0.2, 0) is 4.79 Å². The van der Waals surface area contributed by atoms with Crippen LogP contribution >= 0.6 is 12.4 Å². The van der Waals surface area contributed by atoms with Crippen LogP contribution in [0.5, 0.6) is 0 Å². The molecule has 0 bridgehead atoms. The molecule has 2 fully saturated rings. The zero-order valence-electron chi connectivity index (χ0n) is 10.1. The van der Waals surface area contributed by atoms with Crippen molar-refractivity contribution in [2.24, 2.45) is 5.73 Å². The van der Waals surface area contributed by atoms with Gasteiger partial charge in [-0.05, 0) is 32.6 Å². The number of halogens is 1. The molecule has 1 amide bonds. The van der Waals surface area contributed by atoms with E-state index in [1.807, 2.05) is 4.90 Å². The second-order valence-electron chi connectivity index (χ2n) is 5.21. The van der Waals surface area contributed by atoms with E-state index in [1.54, 1.807) is 0 Å². The smallest absolute Gasteiger partial charge is 0.242 e.